The van der Waals surface area contributed by atoms with Gasteiger partial charge in [0.2, 0.25) is 6.29 Å². The summed E-state index contributed by atoms with van der Waals surface area (Å²) in [6.07, 6.45) is -2.27. The molecule has 2 unspecified atom stereocenters. The average Bonchev–Trinajstić information content (AvgIpc) is 3.28. The number of esters is 1. The number of thioether (sulfide) groups is 1. The van der Waals surface area contributed by atoms with Gasteiger partial charge >= 0.3 is 12.1 Å². The molecular formula is C21H27N5O9S2. The minimum Gasteiger partial charge on any atom is -0.435 e. The molecule has 3 atom stereocenters. The van der Waals surface area contributed by atoms with E-state index in [9.17, 15) is 19.2 Å². The van der Waals surface area contributed by atoms with Crippen molar-refractivity contribution in [1.82, 2.24) is 15.2 Å². The van der Waals surface area contributed by atoms with Gasteiger partial charge in [-0.25, -0.2) is 14.6 Å². The van der Waals surface area contributed by atoms with E-state index < -0.39 is 41.6 Å². The highest BCUT2D eigenvalue weighted by Crippen LogP contribution is 2.41. The molecule has 1 saturated heterocycles. The third-order valence-corrected chi connectivity index (χ3v) is 6.92. The summed E-state index contributed by atoms with van der Waals surface area (Å²) in [6, 6.07) is -0.958. The Morgan fingerprint density at radius 3 is 2.68 bits per heavy atom. The monoisotopic (exact) mass is 557 g/mol. The number of aromatic nitrogens is 1. The van der Waals surface area contributed by atoms with Crippen molar-refractivity contribution in [3.63, 3.8) is 0 Å². The number of amides is 2. The van der Waals surface area contributed by atoms with Crippen LogP contribution in [-0.4, -0.2) is 89.9 Å². The van der Waals surface area contributed by atoms with Crippen molar-refractivity contribution in [1.29, 1.82) is 0 Å². The molecule has 0 bridgehead atoms. The largest absolute Gasteiger partial charge is 0.511 e. The Balaban J connectivity index is 1.75. The van der Waals surface area contributed by atoms with Crippen molar-refractivity contribution in [2.75, 3.05) is 38.4 Å². The molecule has 202 valence electrons. The topological polar surface area (TPSA) is 181 Å². The standard InChI is InChI=1S/C21H27N5O9S2/c1-5-32-21(30)35-10(3)34-19(29)15-11(7-31-4)8-36-18-14(17(28)26(15)18)24-16(27)13(25-33-6-2)12-9-37-20(22)23-12/h9-10,14,18H,5-8H2,1-4H3,(H2,22,23)(H,24,27)/b25-13+/t10?,14?,18-/m1/s1. The fourth-order valence-corrected chi connectivity index (χ4v) is 5.29. The Bertz CT molecular complexity index is 1110. The summed E-state index contributed by atoms with van der Waals surface area (Å²) >= 11 is 2.46. The average molecular weight is 558 g/mol. The van der Waals surface area contributed by atoms with Gasteiger partial charge in [0.25, 0.3) is 11.8 Å². The molecule has 0 spiro atoms. The number of carbonyl (C=O) groups excluding carboxylic acids is 4. The van der Waals surface area contributed by atoms with Crippen LogP contribution in [0.1, 0.15) is 26.5 Å². The predicted molar refractivity (Wildman–Crippen MR) is 132 cm³/mol. The number of anilines is 1. The highest BCUT2D eigenvalue weighted by atomic mass is 32.2. The lowest BCUT2D eigenvalue weighted by atomic mass is 10.0. The van der Waals surface area contributed by atoms with E-state index >= 15 is 0 Å². The molecule has 0 aromatic carbocycles. The number of methoxy groups -OCH3 is 1. The number of rotatable bonds is 11. The fourth-order valence-electron chi connectivity index (χ4n) is 3.41. The van der Waals surface area contributed by atoms with Crippen LogP contribution in [0.2, 0.25) is 0 Å². The number of oxime groups is 1. The lowest BCUT2D eigenvalue weighted by molar-refractivity contribution is -0.169. The molecule has 2 aliphatic rings. The van der Waals surface area contributed by atoms with Crippen LogP contribution in [0.4, 0.5) is 9.93 Å². The number of nitrogens with zero attached hydrogens (tertiary/aromatic N) is 3. The van der Waals surface area contributed by atoms with Crippen LogP contribution in [0.3, 0.4) is 0 Å². The van der Waals surface area contributed by atoms with E-state index in [4.69, 9.17) is 24.8 Å². The van der Waals surface area contributed by atoms with E-state index in [1.54, 1.807) is 19.2 Å². The molecular weight excluding hydrogens is 530 g/mol. The van der Waals surface area contributed by atoms with Crippen molar-refractivity contribution in [2.45, 2.75) is 38.5 Å². The van der Waals surface area contributed by atoms with Crippen LogP contribution in [-0.2, 0) is 38.2 Å². The lowest BCUT2D eigenvalue weighted by Gasteiger charge is -2.49. The third-order valence-electron chi connectivity index (χ3n) is 4.91. The number of carbonyl (C=O) groups is 4. The first-order chi connectivity index (χ1) is 17.7. The number of fused-ring (bicyclic) bond motifs is 1. The maximum absolute atomic E-state index is 13.1. The number of nitrogen functional groups attached to an aromatic ring is 1. The van der Waals surface area contributed by atoms with Crippen molar-refractivity contribution >= 4 is 57.9 Å². The van der Waals surface area contributed by atoms with E-state index in [0.29, 0.717) is 11.3 Å². The van der Waals surface area contributed by atoms with Crippen molar-refractivity contribution in [2.24, 2.45) is 5.16 Å². The number of nitrogens with two attached hydrogens (primary N) is 1. The van der Waals surface area contributed by atoms with Gasteiger partial charge in [-0.2, -0.15) is 0 Å². The highest BCUT2D eigenvalue weighted by molar-refractivity contribution is 8.00. The summed E-state index contributed by atoms with van der Waals surface area (Å²) in [5.74, 6) is -1.79. The summed E-state index contributed by atoms with van der Waals surface area (Å²) in [7, 11) is 1.45. The van der Waals surface area contributed by atoms with Crippen LogP contribution in [0.15, 0.2) is 21.8 Å². The zero-order chi connectivity index (χ0) is 27.1. The Labute approximate surface area is 220 Å². The van der Waals surface area contributed by atoms with Gasteiger partial charge in [-0.15, -0.1) is 23.1 Å². The molecule has 16 heteroatoms. The normalized spacial score (nSPS) is 19.9. The Morgan fingerprint density at radius 1 is 1.30 bits per heavy atom. The summed E-state index contributed by atoms with van der Waals surface area (Å²) in [5.41, 5.74) is 6.21. The van der Waals surface area contributed by atoms with Crippen LogP contribution >= 0.6 is 23.1 Å². The summed E-state index contributed by atoms with van der Waals surface area (Å²) < 4.78 is 19.9. The van der Waals surface area contributed by atoms with Gasteiger partial charge in [0.1, 0.15) is 29.4 Å². The maximum atomic E-state index is 13.1. The van der Waals surface area contributed by atoms with Crippen LogP contribution in [0, 0.1) is 0 Å². The van der Waals surface area contributed by atoms with Gasteiger partial charge in [0.15, 0.2) is 10.8 Å². The van der Waals surface area contributed by atoms with Crippen LogP contribution in [0.5, 0.6) is 0 Å². The van der Waals surface area contributed by atoms with Crippen molar-refractivity contribution in [3.8, 4) is 0 Å². The van der Waals surface area contributed by atoms with Crippen LogP contribution < -0.4 is 11.1 Å². The SMILES string of the molecule is CCO/N=C(/C(=O)NC1C(=O)N2C(C(=O)OC(C)OC(=O)OCC)=C(COC)CS[C@H]12)c1csc(N)n1. The van der Waals surface area contributed by atoms with Gasteiger partial charge in [0.05, 0.1) is 13.2 Å². The first kappa shape index (κ1) is 28.2. The second kappa shape index (κ2) is 12.7. The van der Waals surface area contributed by atoms with Gasteiger partial charge in [-0.05, 0) is 19.4 Å². The summed E-state index contributed by atoms with van der Waals surface area (Å²) in [5, 5.41) is 7.65. The van der Waals surface area contributed by atoms with Gasteiger partial charge < -0.3 is 34.8 Å². The molecule has 3 heterocycles. The minimum atomic E-state index is -1.27. The predicted octanol–water partition coefficient (Wildman–Crippen LogP) is 0.829. The molecule has 1 aromatic heterocycles. The molecule has 14 nitrogen and oxygen atoms in total. The molecule has 3 rings (SSSR count). The number of ether oxygens (including phenoxy) is 4. The maximum Gasteiger partial charge on any atom is 0.511 e. The molecule has 2 aliphatic heterocycles. The Kier molecular flexibility index (Phi) is 9.71. The number of nitrogens with one attached hydrogen (secondary N) is 1. The van der Waals surface area contributed by atoms with Gasteiger partial charge in [-0.3, -0.25) is 14.5 Å². The fraction of sp³-hybridized carbons (Fsp3) is 0.524. The Morgan fingerprint density at radius 2 is 2.05 bits per heavy atom. The number of hydrogen-bond acceptors (Lipinski definition) is 14. The number of hydrogen-bond donors (Lipinski definition) is 2. The molecule has 0 saturated carbocycles. The zero-order valence-corrected chi connectivity index (χ0v) is 22.2. The van der Waals surface area contributed by atoms with Crippen LogP contribution in [0.25, 0.3) is 0 Å². The summed E-state index contributed by atoms with van der Waals surface area (Å²) in [4.78, 5) is 61.0. The smallest absolute Gasteiger partial charge is 0.435 e. The van der Waals surface area contributed by atoms with Gasteiger partial charge in [0, 0.05) is 25.2 Å². The quantitative estimate of drug-likeness (QED) is 0.129. The van der Waals surface area contributed by atoms with E-state index in [1.807, 2.05) is 0 Å². The lowest BCUT2D eigenvalue weighted by Crippen LogP contribution is -2.71. The molecule has 0 radical (unpaired) electrons. The molecule has 37 heavy (non-hydrogen) atoms. The number of thiazole rings is 1. The zero-order valence-electron chi connectivity index (χ0n) is 20.5. The van der Waals surface area contributed by atoms with Gasteiger partial charge in [-0.1, -0.05) is 5.16 Å². The van der Waals surface area contributed by atoms with Crippen molar-refractivity contribution < 1.29 is 43.0 Å². The van der Waals surface area contributed by atoms with E-state index in [2.05, 4.69) is 20.2 Å². The third kappa shape index (κ3) is 6.50. The minimum absolute atomic E-state index is 0.0316. The molecule has 1 fully saturated rings. The molecule has 3 N–H and O–H groups in total. The van der Waals surface area contributed by atoms with E-state index in [-0.39, 0.29) is 42.1 Å². The Hall–Kier alpha value is -3.37. The molecule has 1 aromatic rings. The second-order valence-electron chi connectivity index (χ2n) is 7.45. The first-order valence-corrected chi connectivity index (χ1v) is 13.1. The first-order valence-electron chi connectivity index (χ1n) is 11.1. The molecule has 0 aliphatic carbocycles. The second-order valence-corrected chi connectivity index (χ2v) is 9.44. The van der Waals surface area contributed by atoms with E-state index in [0.717, 1.165) is 11.3 Å². The van der Waals surface area contributed by atoms with E-state index in [1.165, 1.54) is 30.7 Å². The number of β-lactam (4-membered cyclic amide) rings is 1. The van der Waals surface area contributed by atoms with Crippen molar-refractivity contribution in [3.05, 3.63) is 22.3 Å². The highest BCUT2D eigenvalue weighted by Gasteiger charge is 2.55. The summed E-state index contributed by atoms with van der Waals surface area (Å²) in [6.45, 7) is 5.00. The molecule has 2 amide bonds.